The highest BCUT2D eigenvalue weighted by molar-refractivity contribution is 6.14. The zero-order valence-corrected chi connectivity index (χ0v) is 46.0. The molecule has 0 atom stereocenters. The average Bonchev–Trinajstić information content (AvgIpc) is 4.11. The molecule has 0 spiro atoms. The molecule has 14 nitrogen and oxygen atoms in total. The highest BCUT2D eigenvalue weighted by Crippen LogP contribution is 2.46. The normalized spacial score (nSPS) is 13.4. The van der Waals surface area contributed by atoms with Crippen molar-refractivity contribution in [3.8, 4) is 50.7 Å². The summed E-state index contributed by atoms with van der Waals surface area (Å²) < 4.78 is 50.8. The van der Waals surface area contributed by atoms with E-state index in [-0.39, 0.29) is 53.1 Å². The molecule has 11 rings (SSSR count). The Balaban J connectivity index is 0.000000186. The van der Waals surface area contributed by atoms with Crippen LogP contribution in [0.3, 0.4) is 0 Å². The number of carbonyl (C=O) groups is 5. The van der Waals surface area contributed by atoms with E-state index in [9.17, 15) is 32.8 Å². The smallest absolute Gasteiger partial charge is 0.255 e. The Morgan fingerprint density at radius 2 is 1.21 bits per heavy atom. The van der Waals surface area contributed by atoms with Gasteiger partial charge in [0.05, 0.1) is 28.5 Å². The number of ether oxygens (including phenoxy) is 2. The van der Waals surface area contributed by atoms with Crippen LogP contribution in [0.1, 0.15) is 92.9 Å². The number of carbonyl (C=O) groups excluding carboxylic acids is 5. The summed E-state index contributed by atoms with van der Waals surface area (Å²) in [4.78, 5) is 65.2. The Kier molecular flexibility index (Phi) is 16.4. The molecule has 0 saturated heterocycles. The Bertz CT molecular complexity index is 3860. The van der Waals surface area contributed by atoms with Gasteiger partial charge in [-0.2, -0.15) is 0 Å². The molecule has 0 radical (unpaired) electrons. The molecule has 9 aromatic rings. The van der Waals surface area contributed by atoms with Gasteiger partial charge in [0.1, 0.15) is 46.7 Å². The average molecular weight is 1110 g/mol. The van der Waals surface area contributed by atoms with E-state index in [1.165, 1.54) is 50.6 Å². The van der Waals surface area contributed by atoms with Gasteiger partial charge in [0, 0.05) is 78.0 Å². The monoisotopic (exact) mass is 1110 g/mol. The summed E-state index contributed by atoms with van der Waals surface area (Å²) in [5, 5.41) is 15.5. The fourth-order valence-electron chi connectivity index (χ4n) is 9.93. The van der Waals surface area contributed by atoms with Crippen LogP contribution in [0, 0.1) is 17.6 Å². The number of amides is 5. The standard InChI is InChI=1S/C35H30FN3O5.C31H31FN2O4/c1-37-34(42)31-27-18-26(22-7-6-8-23(17-22)33(41)39-35(15-16-35)24-9-4-3-5-10-24)28(38-30(40)20-43-2)19-29(27)44-32(31)21-11-13-25(36)14-12-21;1-18(2)17-34-30(35)21-10-14-26(37-23-5-4-6-23)24(16-21)20-9-13-27-25(15-20)28(31(36)33-3)29(38-27)19-7-11-22(32)12-8-19/h3-14,17-19H,15-16,20H2,1-2H3,(H,37,42)(H,38,40)(H,39,41);7-16,18,23H,4-6,17H2,1-3H3,(H,33,36)(H,34,35). The predicted molar refractivity (Wildman–Crippen MR) is 312 cm³/mol. The van der Waals surface area contributed by atoms with Crippen LogP contribution < -0.4 is 31.3 Å². The highest BCUT2D eigenvalue weighted by atomic mass is 19.1. The summed E-state index contributed by atoms with van der Waals surface area (Å²) in [7, 11) is 4.49. The SMILES string of the molecule is CNC(=O)c1c(-c2ccc(F)cc2)oc2cc(NC(=O)COC)c(-c3cccc(C(=O)NC4(c5ccccc5)CC4)c3)cc12.CNC(=O)c1c(-c2ccc(F)cc2)oc2ccc(-c3cc(C(=O)NCC(C)C)ccc3OC3CCC3)cc12. The minimum atomic E-state index is -0.419. The van der Waals surface area contributed by atoms with Crippen molar-refractivity contribution in [3.63, 3.8) is 0 Å². The highest BCUT2D eigenvalue weighted by Gasteiger charge is 2.45. The molecule has 0 bridgehead atoms. The number of anilines is 1. The summed E-state index contributed by atoms with van der Waals surface area (Å²) in [6, 6.07) is 42.9. The third-order valence-corrected chi connectivity index (χ3v) is 14.6. The molecule has 2 aliphatic rings. The number of nitrogens with one attached hydrogen (secondary N) is 5. The van der Waals surface area contributed by atoms with Crippen molar-refractivity contribution in [1.29, 1.82) is 0 Å². The first kappa shape index (κ1) is 55.9. The third kappa shape index (κ3) is 12.0. The molecular formula is C66H61F2N5O9. The van der Waals surface area contributed by atoms with Gasteiger partial charge in [0.15, 0.2) is 0 Å². The second kappa shape index (κ2) is 24.1. The van der Waals surface area contributed by atoms with Crippen molar-refractivity contribution in [2.24, 2.45) is 5.92 Å². The fraction of sp³-hybridized carbons (Fsp3) is 0.227. The Labute approximate surface area is 472 Å². The molecule has 2 aromatic heterocycles. The molecule has 2 fully saturated rings. The molecule has 2 heterocycles. The first-order valence-corrected chi connectivity index (χ1v) is 27.2. The van der Waals surface area contributed by atoms with E-state index in [0.29, 0.717) is 90.5 Å². The number of fused-ring (bicyclic) bond motifs is 2. The zero-order chi connectivity index (χ0) is 57.7. The maximum atomic E-state index is 13.7. The maximum absolute atomic E-state index is 13.7. The minimum absolute atomic E-state index is 0.149. The number of rotatable bonds is 17. The van der Waals surface area contributed by atoms with E-state index < -0.39 is 17.6 Å². The van der Waals surface area contributed by atoms with E-state index in [1.807, 2.05) is 80.6 Å². The van der Waals surface area contributed by atoms with Gasteiger partial charge in [-0.15, -0.1) is 0 Å². The van der Waals surface area contributed by atoms with Crippen LogP contribution in [0.4, 0.5) is 14.5 Å². The molecule has 7 aromatic carbocycles. The zero-order valence-electron chi connectivity index (χ0n) is 46.0. The van der Waals surface area contributed by atoms with Gasteiger partial charge in [-0.25, -0.2) is 8.78 Å². The number of hydrogen-bond donors (Lipinski definition) is 5. The second-order valence-corrected chi connectivity index (χ2v) is 20.8. The topological polar surface area (TPSA) is 190 Å². The van der Waals surface area contributed by atoms with Gasteiger partial charge in [-0.05, 0) is 152 Å². The minimum Gasteiger partial charge on any atom is -0.490 e. The van der Waals surface area contributed by atoms with E-state index in [0.717, 1.165) is 48.8 Å². The van der Waals surface area contributed by atoms with Crippen LogP contribution in [0.5, 0.6) is 5.75 Å². The Morgan fingerprint density at radius 1 is 0.610 bits per heavy atom. The van der Waals surface area contributed by atoms with Crippen LogP contribution in [-0.2, 0) is 15.1 Å². The first-order chi connectivity index (χ1) is 39.6. The molecule has 2 aliphatic carbocycles. The number of hydrogen-bond acceptors (Lipinski definition) is 9. The lowest BCUT2D eigenvalue weighted by atomic mass is 9.95. The van der Waals surface area contributed by atoms with Crippen LogP contribution >= 0.6 is 0 Å². The van der Waals surface area contributed by atoms with E-state index in [2.05, 4.69) is 26.6 Å². The molecule has 0 unspecified atom stereocenters. The maximum Gasteiger partial charge on any atom is 0.255 e. The van der Waals surface area contributed by atoms with Crippen LogP contribution in [-0.4, -0.2) is 70.0 Å². The molecule has 418 valence electrons. The molecular weight excluding hydrogens is 1040 g/mol. The van der Waals surface area contributed by atoms with Gasteiger partial charge >= 0.3 is 0 Å². The summed E-state index contributed by atoms with van der Waals surface area (Å²) in [5.41, 5.74) is 7.44. The summed E-state index contributed by atoms with van der Waals surface area (Å²) >= 11 is 0. The predicted octanol–water partition coefficient (Wildman–Crippen LogP) is 12.9. The fourth-order valence-corrected chi connectivity index (χ4v) is 9.93. The van der Waals surface area contributed by atoms with Gasteiger partial charge in [0.2, 0.25) is 5.91 Å². The Hall–Kier alpha value is -9.41. The quantitative estimate of drug-likeness (QED) is 0.0591. The third-order valence-electron chi connectivity index (χ3n) is 14.6. The van der Waals surface area contributed by atoms with Gasteiger partial charge in [-0.3, -0.25) is 24.0 Å². The largest absolute Gasteiger partial charge is 0.490 e. The molecule has 5 amide bonds. The lowest BCUT2D eigenvalue weighted by Gasteiger charge is -2.27. The summed E-state index contributed by atoms with van der Waals surface area (Å²) in [6.07, 6.45) is 5.00. The second-order valence-electron chi connectivity index (χ2n) is 20.8. The lowest BCUT2D eigenvalue weighted by Crippen LogP contribution is -2.34. The van der Waals surface area contributed by atoms with Crippen molar-refractivity contribution in [2.45, 2.75) is 57.6 Å². The molecule has 5 N–H and O–H groups in total. The van der Waals surface area contributed by atoms with Crippen molar-refractivity contribution in [3.05, 3.63) is 191 Å². The van der Waals surface area contributed by atoms with Gasteiger partial charge in [0.25, 0.3) is 23.6 Å². The van der Waals surface area contributed by atoms with E-state index in [4.69, 9.17) is 18.3 Å². The van der Waals surface area contributed by atoms with Crippen molar-refractivity contribution in [2.75, 3.05) is 39.7 Å². The number of furan rings is 2. The Morgan fingerprint density at radius 3 is 1.79 bits per heavy atom. The summed E-state index contributed by atoms with van der Waals surface area (Å²) in [6.45, 7) is 4.50. The van der Waals surface area contributed by atoms with Crippen molar-refractivity contribution >= 4 is 57.2 Å². The number of methoxy groups -OCH3 is 1. The van der Waals surface area contributed by atoms with E-state index >= 15 is 0 Å². The number of halogens is 2. The first-order valence-electron chi connectivity index (χ1n) is 27.2. The van der Waals surface area contributed by atoms with Crippen molar-refractivity contribution in [1.82, 2.24) is 21.3 Å². The van der Waals surface area contributed by atoms with Crippen LogP contribution in [0.15, 0.2) is 160 Å². The van der Waals surface area contributed by atoms with E-state index in [1.54, 1.807) is 55.6 Å². The van der Waals surface area contributed by atoms with Gasteiger partial charge < -0.3 is 44.9 Å². The van der Waals surface area contributed by atoms with Crippen LogP contribution in [0.2, 0.25) is 0 Å². The molecule has 0 aliphatic heterocycles. The summed E-state index contributed by atoms with van der Waals surface area (Å²) in [5.74, 6) is -0.601. The van der Waals surface area contributed by atoms with Gasteiger partial charge in [-0.1, -0.05) is 62.4 Å². The molecule has 2 saturated carbocycles. The van der Waals surface area contributed by atoms with Crippen molar-refractivity contribution < 1.29 is 51.1 Å². The van der Waals surface area contributed by atoms with Crippen LogP contribution in [0.25, 0.3) is 66.8 Å². The molecule has 82 heavy (non-hydrogen) atoms. The lowest BCUT2D eigenvalue weighted by molar-refractivity contribution is -0.119. The number of benzene rings is 7. The molecule has 16 heteroatoms.